The van der Waals surface area contributed by atoms with E-state index in [1.165, 1.54) is 4.88 Å². The SMILES string of the molecule is Cc1nn(C)c(N(C)C(C)Cc2cccs2)c1C#N. The average Bonchev–Trinajstić information content (AvgIpc) is 2.95. The fraction of sp³-hybridized carbons (Fsp3) is 0.429. The lowest BCUT2D eigenvalue weighted by atomic mass is 10.1. The van der Waals surface area contributed by atoms with Gasteiger partial charge in [-0.25, -0.2) is 0 Å². The minimum atomic E-state index is 0.320. The maximum atomic E-state index is 9.27. The van der Waals surface area contributed by atoms with E-state index in [0.29, 0.717) is 11.6 Å². The molecule has 0 aliphatic heterocycles. The first-order valence-electron chi connectivity index (χ1n) is 6.23. The van der Waals surface area contributed by atoms with E-state index in [1.807, 2.05) is 21.0 Å². The third kappa shape index (κ3) is 2.64. The number of aryl methyl sites for hydroxylation is 2. The summed E-state index contributed by atoms with van der Waals surface area (Å²) in [6, 6.07) is 6.80. The molecule has 19 heavy (non-hydrogen) atoms. The first-order chi connectivity index (χ1) is 9.04. The van der Waals surface area contributed by atoms with Crippen molar-refractivity contribution in [3.05, 3.63) is 33.6 Å². The fourth-order valence-corrected chi connectivity index (χ4v) is 3.07. The van der Waals surface area contributed by atoms with Crippen LogP contribution in [-0.4, -0.2) is 22.9 Å². The quantitative estimate of drug-likeness (QED) is 0.861. The second kappa shape index (κ2) is 5.45. The van der Waals surface area contributed by atoms with Gasteiger partial charge in [-0.2, -0.15) is 10.4 Å². The Morgan fingerprint density at radius 2 is 2.32 bits per heavy atom. The van der Waals surface area contributed by atoms with Crippen molar-refractivity contribution < 1.29 is 0 Å². The van der Waals surface area contributed by atoms with E-state index < -0.39 is 0 Å². The van der Waals surface area contributed by atoms with Gasteiger partial charge in [0, 0.05) is 31.4 Å². The Kier molecular flexibility index (Phi) is 3.91. The summed E-state index contributed by atoms with van der Waals surface area (Å²) in [5.74, 6) is 0.893. The zero-order valence-corrected chi connectivity index (χ0v) is 12.5. The number of hydrogen-bond acceptors (Lipinski definition) is 4. The molecule has 100 valence electrons. The second-order valence-corrected chi connectivity index (χ2v) is 5.80. The van der Waals surface area contributed by atoms with Crippen LogP contribution in [0.1, 0.15) is 23.1 Å². The molecule has 0 aliphatic rings. The van der Waals surface area contributed by atoms with Gasteiger partial charge >= 0.3 is 0 Å². The lowest BCUT2D eigenvalue weighted by molar-refractivity contribution is 0.645. The normalized spacial score (nSPS) is 12.2. The van der Waals surface area contributed by atoms with E-state index >= 15 is 0 Å². The van der Waals surface area contributed by atoms with Crippen molar-refractivity contribution in [1.29, 1.82) is 5.26 Å². The van der Waals surface area contributed by atoms with Crippen LogP contribution in [0.15, 0.2) is 17.5 Å². The number of likely N-dealkylation sites (N-methyl/N-ethyl adjacent to an activating group) is 1. The molecule has 1 unspecified atom stereocenters. The predicted molar refractivity (Wildman–Crippen MR) is 78.5 cm³/mol. The predicted octanol–water partition coefficient (Wildman–Crippen LogP) is 2.73. The maximum absolute atomic E-state index is 9.27. The molecule has 0 aromatic carbocycles. The van der Waals surface area contributed by atoms with Gasteiger partial charge in [-0.15, -0.1) is 11.3 Å². The molecule has 2 rings (SSSR count). The summed E-state index contributed by atoms with van der Waals surface area (Å²) < 4.78 is 1.79. The smallest absolute Gasteiger partial charge is 0.144 e. The first kappa shape index (κ1) is 13.6. The summed E-state index contributed by atoms with van der Waals surface area (Å²) in [6.07, 6.45) is 0.975. The second-order valence-electron chi connectivity index (χ2n) is 4.76. The van der Waals surface area contributed by atoms with E-state index in [0.717, 1.165) is 17.9 Å². The molecule has 1 atom stereocenters. The van der Waals surface area contributed by atoms with Gasteiger partial charge in [0.15, 0.2) is 0 Å². The van der Waals surface area contributed by atoms with E-state index in [2.05, 4.69) is 40.5 Å². The van der Waals surface area contributed by atoms with E-state index in [9.17, 15) is 5.26 Å². The van der Waals surface area contributed by atoms with E-state index in [1.54, 1.807) is 16.0 Å². The Hall–Kier alpha value is -1.80. The molecule has 2 heterocycles. The van der Waals surface area contributed by atoms with Crippen LogP contribution in [0.3, 0.4) is 0 Å². The number of rotatable bonds is 4. The fourth-order valence-electron chi connectivity index (χ4n) is 2.25. The zero-order chi connectivity index (χ0) is 14.0. The molecule has 5 heteroatoms. The highest BCUT2D eigenvalue weighted by molar-refractivity contribution is 7.09. The monoisotopic (exact) mass is 274 g/mol. The zero-order valence-electron chi connectivity index (χ0n) is 11.7. The highest BCUT2D eigenvalue weighted by Gasteiger charge is 2.20. The van der Waals surface area contributed by atoms with Crippen LogP contribution < -0.4 is 4.90 Å². The molecular formula is C14H18N4S. The minimum Gasteiger partial charge on any atom is -0.356 e. The Labute approximate surface area is 117 Å². The Bertz CT molecular complexity index is 592. The summed E-state index contributed by atoms with van der Waals surface area (Å²) in [5.41, 5.74) is 1.46. The van der Waals surface area contributed by atoms with Crippen LogP contribution in [0.25, 0.3) is 0 Å². The molecule has 0 amide bonds. The number of thiophene rings is 1. The summed E-state index contributed by atoms with van der Waals surface area (Å²) in [4.78, 5) is 3.50. The highest BCUT2D eigenvalue weighted by atomic mass is 32.1. The average molecular weight is 274 g/mol. The summed E-state index contributed by atoms with van der Waals surface area (Å²) in [6.45, 7) is 4.04. The molecule has 0 N–H and O–H groups in total. The third-order valence-electron chi connectivity index (χ3n) is 3.38. The van der Waals surface area contributed by atoms with Gasteiger partial charge in [0.25, 0.3) is 0 Å². The van der Waals surface area contributed by atoms with Crippen molar-refractivity contribution in [2.24, 2.45) is 7.05 Å². The Morgan fingerprint density at radius 3 is 2.89 bits per heavy atom. The molecule has 4 nitrogen and oxygen atoms in total. The van der Waals surface area contributed by atoms with Gasteiger partial charge < -0.3 is 4.90 Å². The van der Waals surface area contributed by atoms with Crippen LogP contribution in [0.5, 0.6) is 0 Å². The van der Waals surface area contributed by atoms with Crippen LogP contribution in [-0.2, 0) is 13.5 Å². The molecular weight excluding hydrogens is 256 g/mol. The van der Waals surface area contributed by atoms with Gasteiger partial charge in [-0.05, 0) is 25.3 Å². The van der Waals surface area contributed by atoms with Crippen molar-refractivity contribution in [3.8, 4) is 6.07 Å². The molecule has 0 fully saturated rings. The lowest BCUT2D eigenvalue weighted by Crippen LogP contribution is -2.32. The Balaban J connectivity index is 2.24. The largest absolute Gasteiger partial charge is 0.356 e. The topological polar surface area (TPSA) is 44.9 Å². The van der Waals surface area contributed by atoms with E-state index in [-0.39, 0.29) is 0 Å². The maximum Gasteiger partial charge on any atom is 0.144 e. The molecule has 0 radical (unpaired) electrons. The van der Waals surface area contributed by atoms with Gasteiger partial charge in [-0.3, -0.25) is 4.68 Å². The van der Waals surface area contributed by atoms with Crippen LogP contribution >= 0.6 is 11.3 Å². The molecule has 2 aromatic heterocycles. The first-order valence-corrected chi connectivity index (χ1v) is 7.11. The minimum absolute atomic E-state index is 0.320. The lowest BCUT2D eigenvalue weighted by Gasteiger charge is -2.26. The summed E-state index contributed by atoms with van der Waals surface area (Å²) in [5, 5.41) is 15.7. The summed E-state index contributed by atoms with van der Waals surface area (Å²) >= 11 is 1.77. The van der Waals surface area contributed by atoms with Crippen molar-refractivity contribution in [2.45, 2.75) is 26.3 Å². The molecule has 0 bridgehead atoms. The van der Waals surface area contributed by atoms with Gasteiger partial charge in [-0.1, -0.05) is 6.07 Å². The standard InChI is InChI=1S/C14H18N4S/c1-10(8-12-6-5-7-19-12)17(3)14-13(9-15)11(2)16-18(14)4/h5-7,10H,8H2,1-4H3. The number of hydrogen-bond donors (Lipinski definition) is 0. The molecule has 0 saturated carbocycles. The summed E-state index contributed by atoms with van der Waals surface area (Å²) in [7, 11) is 3.91. The number of nitriles is 1. The molecule has 0 saturated heterocycles. The van der Waals surface area contributed by atoms with Gasteiger partial charge in [0.2, 0.25) is 0 Å². The Morgan fingerprint density at radius 1 is 1.58 bits per heavy atom. The van der Waals surface area contributed by atoms with Gasteiger partial charge in [0.1, 0.15) is 17.5 Å². The number of aromatic nitrogens is 2. The third-order valence-corrected chi connectivity index (χ3v) is 4.27. The number of nitrogens with zero attached hydrogens (tertiary/aromatic N) is 4. The van der Waals surface area contributed by atoms with Crippen molar-refractivity contribution in [3.63, 3.8) is 0 Å². The highest BCUT2D eigenvalue weighted by Crippen LogP contribution is 2.24. The molecule has 0 aliphatic carbocycles. The molecule has 2 aromatic rings. The number of anilines is 1. The van der Waals surface area contributed by atoms with Crippen molar-refractivity contribution in [1.82, 2.24) is 9.78 Å². The van der Waals surface area contributed by atoms with Crippen molar-refractivity contribution in [2.75, 3.05) is 11.9 Å². The van der Waals surface area contributed by atoms with E-state index in [4.69, 9.17) is 0 Å². The van der Waals surface area contributed by atoms with Crippen molar-refractivity contribution >= 4 is 17.2 Å². The van der Waals surface area contributed by atoms with Crippen LogP contribution in [0, 0.1) is 18.3 Å². The van der Waals surface area contributed by atoms with Gasteiger partial charge in [0.05, 0.1) is 5.69 Å². The van der Waals surface area contributed by atoms with Crippen LogP contribution in [0.2, 0.25) is 0 Å². The molecule has 0 spiro atoms. The van der Waals surface area contributed by atoms with Crippen LogP contribution in [0.4, 0.5) is 5.82 Å².